The van der Waals surface area contributed by atoms with Gasteiger partial charge in [-0.25, -0.2) is 4.39 Å². The lowest BCUT2D eigenvalue weighted by Crippen LogP contribution is -2.36. The average Bonchev–Trinajstić information content (AvgIpc) is 3.25. The van der Waals surface area contributed by atoms with Crippen LogP contribution in [0.4, 0.5) is 4.39 Å². The molecular weight excluding hydrogens is 417 g/mol. The second-order valence-electron chi connectivity index (χ2n) is 8.44. The molecule has 0 N–H and O–H groups in total. The van der Waals surface area contributed by atoms with Crippen LogP contribution in [0.25, 0.3) is 0 Å². The minimum Gasteiger partial charge on any atom is -0.379 e. The summed E-state index contributed by atoms with van der Waals surface area (Å²) in [5.74, 6) is 0.478. The molecule has 1 fully saturated rings. The van der Waals surface area contributed by atoms with Crippen LogP contribution in [0, 0.1) is 11.7 Å². The zero-order chi connectivity index (χ0) is 22.4. The third-order valence-corrected chi connectivity index (χ3v) is 7.03. The fourth-order valence-corrected chi connectivity index (χ4v) is 4.88. The molecule has 1 saturated carbocycles. The predicted octanol–water partition coefficient (Wildman–Crippen LogP) is 5.30. The van der Waals surface area contributed by atoms with Gasteiger partial charge in [0.1, 0.15) is 16.5 Å². The Kier molecular flexibility index (Phi) is 7.70. The Morgan fingerprint density at radius 3 is 2.26 bits per heavy atom. The van der Waals surface area contributed by atoms with Gasteiger partial charge in [0, 0.05) is 19.0 Å². The van der Waals surface area contributed by atoms with Crippen LogP contribution in [0.2, 0.25) is 0 Å². The van der Waals surface area contributed by atoms with E-state index in [-0.39, 0.29) is 22.6 Å². The normalized spacial score (nSPS) is 14.7. The highest BCUT2D eigenvalue weighted by atomic mass is 32.2. The van der Waals surface area contributed by atoms with Gasteiger partial charge in [0.2, 0.25) is 5.91 Å². The van der Waals surface area contributed by atoms with E-state index in [2.05, 4.69) is 0 Å². The van der Waals surface area contributed by atoms with E-state index in [1.54, 1.807) is 24.3 Å². The average molecular weight is 448 g/mol. The zero-order valence-electron chi connectivity index (χ0n) is 18.1. The molecule has 0 saturated heterocycles. The quantitative estimate of drug-likeness (QED) is 0.489. The van der Waals surface area contributed by atoms with Crippen molar-refractivity contribution in [1.82, 2.24) is 4.90 Å². The van der Waals surface area contributed by atoms with E-state index in [4.69, 9.17) is 4.18 Å². The Morgan fingerprint density at radius 1 is 1.06 bits per heavy atom. The fraction of sp³-hybridized carbons (Fsp3) is 0.458. The molecule has 0 atom stereocenters. The van der Waals surface area contributed by atoms with Crippen LogP contribution in [0.3, 0.4) is 0 Å². The van der Waals surface area contributed by atoms with Crippen molar-refractivity contribution in [3.05, 3.63) is 59.9 Å². The molecule has 7 heteroatoms. The Labute approximate surface area is 184 Å². The molecule has 0 heterocycles. The smallest absolute Gasteiger partial charge is 0.339 e. The number of rotatable bonds is 9. The van der Waals surface area contributed by atoms with Crippen molar-refractivity contribution in [3.8, 4) is 5.75 Å². The SMILES string of the molecule is CC(C)N(Cc1ccc(OS(=O)(=O)c2ccc(F)cc2)cc1)C(=O)CCC1CCCC1. The number of hydrogen-bond donors (Lipinski definition) is 0. The van der Waals surface area contributed by atoms with E-state index in [0.29, 0.717) is 18.9 Å². The van der Waals surface area contributed by atoms with Gasteiger partial charge in [0.25, 0.3) is 0 Å². The minimum absolute atomic E-state index is 0.0749. The van der Waals surface area contributed by atoms with Gasteiger partial charge in [-0.05, 0) is 68.1 Å². The Bertz CT molecular complexity index is 966. The van der Waals surface area contributed by atoms with Crippen LogP contribution in [0.1, 0.15) is 57.9 Å². The van der Waals surface area contributed by atoms with Crippen molar-refractivity contribution in [3.63, 3.8) is 0 Å². The Balaban J connectivity index is 1.61. The van der Waals surface area contributed by atoms with Crippen molar-refractivity contribution >= 4 is 16.0 Å². The van der Waals surface area contributed by atoms with Crippen molar-refractivity contribution in [2.24, 2.45) is 5.92 Å². The lowest BCUT2D eigenvalue weighted by molar-refractivity contribution is -0.133. The molecule has 2 aromatic carbocycles. The highest BCUT2D eigenvalue weighted by molar-refractivity contribution is 7.87. The van der Waals surface area contributed by atoms with Gasteiger partial charge < -0.3 is 9.08 Å². The van der Waals surface area contributed by atoms with Gasteiger partial charge in [0.05, 0.1) is 0 Å². The second-order valence-corrected chi connectivity index (χ2v) is 9.99. The number of amides is 1. The third-order valence-electron chi connectivity index (χ3n) is 5.77. The zero-order valence-corrected chi connectivity index (χ0v) is 18.9. The molecule has 2 aromatic rings. The van der Waals surface area contributed by atoms with E-state index in [1.165, 1.54) is 25.7 Å². The molecule has 1 amide bonds. The lowest BCUT2D eigenvalue weighted by Gasteiger charge is -2.27. The predicted molar refractivity (Wildman–Crippen MR) is 118 cm³/mol. The summed E-state index contributed by atoms with van der Waals surface area (Å²) in [7, 11) is -4.04. The van der Waals surface area contributed by atoms with Gasteiger partial charge >= 0.3 is 10.1 Å². The van der Waals surface area contributed by atoms with Crippen molar-refractivity contribution in [2.75, 3.05) is 0 Å². The minimum atomic E-state index is -4.04. The molecule has 0 aliphatic heterocycles. The summed E-state index contributed by atoms with van der Waals surface area (Å²) in [4.78, 5) is 14.5. The van der Waals surface area contributed by atoms with Crippen LogP contribution in [-0.4, -0.2) is 25.3 Å². The maximum atomic E-state index is 13.0. The summed E-state index contributed by atoms with van der Waals surface area (Å²) in [6.45, 7) is 4.46. The second kappa shape index (κ2) is 10.3. The van der Waals surface area contributed by atoms with Crippen molar-refractivity contribution in [2.45, 2.75) is 69.9 Å². The third kappa shape index (κ3) is 6.53. The molecule has 1 aliphatic rings. The molecule has 168 valence electrons. The number of nitrogens with zero attached hydrogens (tertiary/aromatic N) is 1. The standard InChI is InChI=1S/C24H30FNO4S/c1-18(2)26(24(27)16-9-19-5-3-4-6-19)17-20-7-12-22(13-8-20)30-31(28,29)23-14-10-21(25)11-15-23/h7-8,10-15,18-19H,3-6,9,16-17H2,1-2H3. The number of hydrogen-bond acceptors (Lipinski definition) is 4. The molecule has 0 aromatic heterocycles. The first kappa shape index (κ1) is 23.3. The summed E-state index contributed by atoms with van der Waals surface area (Å²) in [6, 6.07) is 11.2. The summed E-state index contributed by atoms with van der Waals surface area (Å²) in [5.41, 5.74) is 0.898. The fourth-order valence-electron chi connectivity index (χ4n) is 3.95. The molecule has 3 rings (SSSR count). The summed E-state index contributed by atoms with van der Waals surface area (Å²) in [6.07, 6.45) is 6.54. The van der Waals surface area contributed by atoms with Gasteiger partial charge in [-0.3, -0.25) is 4.79 Å². The molecule has 5 nitrogen and oxygen atoms in total. The summed E-state index contributed by atoms with van der Waals surface area (Å²) >= 11 is 0. The van der Waals surface area contributed by atoms with E-state index in [1.807, 2.05) is 18.7 Å². The van der Waals surface area contributed by atoms with E-state index < -0.39 is 15.9 Å². The number of halogens is 1. The summed E-state index contributed by atoms with van der Waals surface area (Å²) in [5, 5.41) is 0. The molecule has 0 spiro atoms. The highest BCUT2D eigenvalue weighted by Crippen LogP contribution is 2.29. The van der Waals surface area contributed by atoms with E-state index in [0.717, 1.165) is 36.2 Å². The summed E-state index contributed by atoms with van der Waals surface area (Å²) < 4.78 is 42.8. The first-order chi connectivity index (χ1) is 14.7. The van der Waals surface area contributed by atoms with Gasteiger partial charge in [-0.15, -0.1) is 0 Å². The Hall–Kier alpha value is -2.41. The van der Waals surface area contributed by atoms with Crippen LogP contribution in [0.15, 0.2) is 53.4 Å². The van der Waals surface area contributed by atoms with Gasteiger partial charge in [0.15, 0.2) is 0 Å². The number of carbonyl (C=O) groups is 1. The number of benzene rings is 2. The molecule has 0 bridgehead atoms. The van der Waals surface area contributed by atoms with Crippen LogP contribution in [-0.2, 0) is 21.5 Å². The maximum absolute atomic E-state index is 13.0. The Morgan fingerprint density at radius 2 is 1.68 bits per heavy atom. The topological polar surface area (TPSA) is 63.7 Å². The highest BCUT2D eigenvalue weighted by Gasteiger charge is 2.21. The maximum Gasteiger partial charge on any atom is 0.339 e. The molecule has 31 heavy (non-hydrogen) atoms. The molecular formula is C24H30FNO4S. The van der Waals surface area contributed by atoms with Gasteiger partial charge in [-0.2, -0.15) is 8.42 Å². The first-order valence-electron chi connectivity index (χ1n) is 10.8. The molecule has 1 aliphatic carbocycles. The van der Waals surface area contributed by atoms with Crippen LogP contribution in [0.5, 0.6) is 5.75 Å². The van der Waals surface area contributed by atoms with E-state index >= 15 is 0 Å². The first-order valence-corrected chi connectivity index (χ1v) is 12.2. The largest absolute Gasteiger partial charge is 0.379 e. The van der Waals surface area contributed by atoms with Crippen molar-refractivity contribution < 1.29 is 21.8 Å². The van der Waals surface area contributed by atoms with Crippen molar-refractivity contribution in [1.29, 1.82) is 0 Å². The van der Waals surface area contributed by atoms with Gasteiger partial charge in [-0.1, -0.05) is 37.8 Å². The molecule has 0 radical (unpaired) electrons. The van der Waals surface area contributed by atoms with Crippen LogP contribution >= 0.6 is 0 Å². The van der Waals surface area contributed by atoms with E-state index in [9.17, 15) is 17.6 Å². The van der Waals surface area contributed by atoms with Crippen LogP contribution < -0.4 is 4.18 Å². The number of carbonyl (C=O) groups excluding carboxylic acids is 1. The lowest BCUT2D eigenvalue weighted by atomic mass is 10.0. The monoisotopic (exact) mass is 447 g/mol. The molecule has 0 unspecified atom stereocenters.